The van der Waals surface area contributed by atoms with E-state index in [1.54, 1.807) is 49.4 Å². The molecule has 2 rings (SSSR count). The molecule has 2 aromatic rings. The number of hydrogen-bond acceptors (Lipinski definition) is 2. The molecule has 0 aromatic heterocycles. The largest absolute Gasteiger partial charge is 0.371 e. The van der Waals surface area contributed by atoms with E-state index in [4.69, 9.17) is 17.3 Å². The zero-order valence-corrected chi connectivity index (χ0v) is 12.3. The second kappa shape index (κ2) is 6.14. The Kier molecular flexibility index (Phi) is 4.48. The molecular formula is C16H16ClFN2O. The molecule has 5 heteroatoms. The van der Waals surface area contributed by atoms with Gasteiger partial charge in [-0.05, 0) is 42.8 Å². The van der Waals surface area contributed by atoms with Crippen molar-refractivity contribution in [2.45, 2.75) is 18.9 Å². The van der Waals surface area contributed by atoms with E-state index in [1.807, 2.05) is 0 Å². The molecular weight excluding hydrogens is 291 g/mol. The van der Waals surface area contributed by atoms with Crippen LogP contribution >= 0.6 is 11.6 Å². The molecule has 0 aliphatic carbocycles. The number of hydrogen-bond donors (Lipinski definition) is 2. The molecule has 0 fully saturated rings. The van der Waals surface area contributed by atoms with Gasteiger partial charge >= 0.3 is 0 Å². The van der Waals surface area contributed by atoms with Gasteiger partial charge in [0.05, 0.1) is 0 Å². The number of primary amides is 1. The van der Waals surface area contributed by atoms with Gasteiger partial charge in [0.2, 0.25) is 5.91 Å². The monoisotopic (exact) mass is 306 g/mol. The summed E-state index contributed by atoms with van der Waals surface area (Å²) in [5, 5.41) is 3.65. The summed E-state index contributed by atoms with van der Waals surface area (Å²) in [6, 6.07) is 13.2. The highest BCUT2D eigenvalue weighted by atomic mass is 35.5. The first-order chi connectivity index (χ1) is 9.90. The normalized spacial score (nSPS) is 13.5. The number of anilines is 1. The van der Waals surface area contributed by atoms with E-state index in [9.17, 15) is 9.18 Å². The lowest BCUT2D eigenvalue weighted by molar-refractivity contribution is -0.121. The third kappa shape index (κ3) is 3.73. The third-order valence-corrected chi connectivity index (χ3v) is 3.56. The van der Waals surface area contributed by atoms with Crippen molar-refractivity contribution >= 4 is 23.2 Å². The fraction of sp³-hybridized carbons (Fsp3) is 0.188. The zero-order valence-electron chi connectivity index (χ0n) is 11.6. The topological polar surface area (TPSA) is 55.1 Å². The Labute approximate surface area is 127 Å². The molecule has 0 heterocycles. The van der Waals surface area contributed by atoms with Crippen LogP contribution in [0.5, 0.6) is 0 Å². The number of halogens is 2. The molecule has 1 unspecified atom stereocenters. The highest BCUT2D eigenvalue weighted by Crippen LogP contribution is 2.22. The van der Waals surface area contributed by atoms with Gasteiger partial charge in [0, 0.05) is 17.1 Å². The Morgan fingerprint density at radius 1 is 1.24 bits per heavy atom. The van der Waals surface area contributed by atoms with Gasteiger partial charge in [-0.15, -0.1) is 0 Å². The van der Waals surface area contributed by atoms with Crippen LogP contribution in [0.25, 0.3) is 0 Å². The average molecular weight is 307 g/mol. The lowest BCUT2D eigenvalue weighted by atomic mass is 9.91. The Bertz CT molecular complexity index is 645. The summed E-state index contributed by atoms with van der Waals surface area (Å²) < 4.78 is 13.8. The number of carbonyl (C=O) groups excluding carboxylic acids is 1. The summed E-state index contributed by atoms with van der Waals surface area (Å²) in [7, 11) is 0. The lowest BCUT2D eigenvalue weighted by Crippen LogP contribution is -2.49. The zero-order chi connectivity index (χ0) is 15.5. The van der Waals surface area contributed by atoms with Crippen molar-refractivity contribution in [3.8, 4) is 0 Å². The van der Waals surface area contributed by atoms with Crippen molar-refractivity contribution in [2.24, 2.45) is 5.73 Å². The standard InChI is InChI=1S/C16H16ClFN2O/c1-16(15(19)21,10-11-4-2-3-5-14(11)18)20-13-8-6-12(17)7-9-13/h2-9,20H,10H2,1H3,(H2,19,21). The fourth-order valence-electron chi connectivity index (χ4n) is 2.07. The van der Waals surface area contributed by atoms with E-state index in [0.29, 0.717) is 16.3 Å². The van der Waals surface area contributed by atoms with Gasteiger partial charge in [-0.3, -0.25) is 4.79 Å². The number of rotatable bonds is 5. The van der Waals surface area contributed by atoms with Gasteiger partial charge in [-0.25, -0.2) is 4.39 Å². The van der Waals surface area contributed by atoms with Crippen LogP contribution in [0.3, 0.4) is 0 Å². The number of carbonyl (C=O) groups is 1. The SMILES string of the molecule is CC(Cc1ccccc1F)(Nc1ccc(Cl)cc1)C(N)=O. The van der Waals surface area contributed by atoms with Gasteiger partial charge in [-0.1, -0.05) is 29.8 Å². The minimum atomic E-state index is -1.10. The highest BCUT2D eigenvalue weighted by Gasteiger charge is 2.32. The van der Waals surface area contributed by atoms with E-state index in [-0.39, 0.29) is 12.2 Å². The predicted molar refractivity (Wildman–Crippen MR) is 82.8 cm³/mol. The Morgan fingerprint density at radius 2 is 1.86 bits per heavy atom. The molecule has 3 nitrogen and oxygen atoms in total. The predicted octanol–water partition coefficient (Wildman–Crippen LogP) is 3.38. The first-order valence-electron chi connectivity index (χ1n) is 6.48. The number of benzene rings is 2. The second-order valence-corrected chi connectivity index (χ2v) is 5.53. The molecule has 0 saturated carbocycles. The molecule has 0 aliphatic rings. The van der Waals surface area contributed by atoms with Crippen molar-refractivity contribution in [3.63, 3.8) is 0 Å². The number of amides is 1. The van der Waals surface area contributed by atoms with Gasteiger partial charge in [0.1, 0.15) is 11.4 Å². The van der Waals surface area contributed by atoms with Crippen LogP contribution in [-0.4, -0.2) is 11.4 Å². The maximum Gasteiger partial charge on any atom is 0.243 e. The molecule has 3 N–H and O–H groups in total. The molecule has 1 atom stereocenters. The van der Waals surface area contributed by atoms with Crippen LogP contribution in [0.15, 0.2) is 48.5 Å². The Balaban J connectivity index is 2.26. The molecule has 0 bridgehead atoms. The molecule has 0 radical (unpaired) electrons. The molecule has 0 aliphatic heterocycles. The van der Waals surface area contributed by atoms with Crippen LogP contribution < -0.4 is 11.1 Å². The first kappa shape index (κ1) is 15.3. The quantitative estimate of drug-likeness (QED) is 0.890. The summed E-state index contributed by atoms with van der Waals surface area (Å²) in [5.74, 6) is -0.913. The summed E-state index contributed by atoms with van der Waals surface area (Å²) in [6.07, 6.45) is 0.150. The fourth-order valence-corrected chi connectivity index (χ4v) is 2.19. The van der Waals surface area contributed by atoms with Gasteiger partial charge in [0.25, 0.3) is 0 Å². The first-order valence-corrected chi connectivity index (χ1v) is 6.85. The van der Waals surface area contributed by atoms with Crippen molar-refractivity contribution in [1.29, 1.82) is 0 Å². The number of nitrogens with one attached hydrogen (secondary N) is 1. The van der Waals surface area contributed by atoms with Crippen molar-refractivity contribution in [1.82, 2.24) is 0 Å². The molecule has 110 valence electrons. The summed E-state index contributed by atoms with van der Waals surface area (Å²) >= 11 is 5.83. The van der Waals surface area contributed by atoms with Crippen LogP contribution in [0, 0.1) is 5.82 Å². The number of nitrogens with two attached hydrogens (primary N) is 1. The Morgan fingerprint density at radius 3 is 2.43 bits per heavy atom. The Hall–Kier alpha value is -2.07. The van der Waals surface area contributed by atoms with Crippen LogP contribution in [-0.2, 0) is 11.2 Å². The van der Waals surface area contributed by atoms with E-state index in [0.717, 1.165) is 0 Å². The summed E-state index contributed by atoms with van der Waals surface area (Å²) in [4.78, 5) is 11.8. The van der Waals surface area contributed by atoms with Crippen molar-refractivity contribution in [2.75, 3.05) is 5.32 Å². The van der Waals surface area contributed by atoms with E-state index in [1.165, 1.54) is 6.07 Å². The van der Waals surface area contributed by atoms with E-state index in [2.05, 4.69) is 5.32 Å². The van der Waals surface area contributed by atoms with Crippen LogP contribution in [0.1, 0.15) is 12.5 Å². The molecule has 0 spiro atoms. The third-order valence-electron chi connectivity index (χ3n) is 3.31. The molecule has 2 aromatic carbocycles. The van der Waals surface area contributed by atoms with E-state index >= 15 is 0 Å². The van der Waals surface area contributed by atoms with Gasteiger partial charge < -0.3 is 11.1 Å². The minimum absolute atomic E-state index is 0.150. The van der Waals surface area contributed by atoms with Gasteiger partial charge in [0.15, 0.2) is 0 Å². The smallest absolute Gasteiger partial charge is 0.243 e. The van der Waals surface area contributed by atoms with Gasteiger partial charge in [-0.2, -0.15) is 0 Å². The molecule has 21 heavy (non-hydrogen) atoms. The molecule has 1 amide bonds. The minimum Gasteiger partial charge on any atom is -0.371 e. The van der Waals surface area contributed by atoms with Crippen molar-refractivity contribution in [3.05, 3.63) is 64.9 Å². The maximum atomic E-state index is 13.8. The summed E-state index contributed by atoms with van der Waals surface area (Å²) in [5.41, 5.74) is 5.52. The summed E-state index contributed by atoms with van der Waals surface area (Å²) in [6.45, 7) is 1.65. The van der Waals surface area contributed by atoms with Crippen LogP contribution in [0.2, 0.25) is 5.02 Å². The second-order valence-electron chi connectivity index (χ2n) is 5.10. The van der Waals surface area contributed by atoms with Crippen molar-refractivity contribution < 1.29 is 9.18 Å². The maximum absolute atomic E-state index is 13.8. The average Bonchev–Trinajstić information content (AvgIpc) is 2.44. The molecule has 0 saturated heterocycles. The van der Waals surface area contributed by atoms with Crippen LogP contribution in [0.4, 0.5) is 10.1 Å². The van der Waals surface area contributed by atoms with E-state index < -0.39 is 11.4 Å². The lowest BCUT2D eigenvalue weighted by Gasteiger charge is -2.29. The highest BCUT2D eigenvalue weighted by molar-refractivity contribution is 6.30.